The van der Waals surface area contributed by atoms with Gasteiger partial charge in [-0.1, -0.05) is 19.3 Å². The third-order valence-electron chi connectivity index (χ3n) is 3.27. The lowest BCUT2D eigenvalue weighted by Crippen LogP contribution is -2.45. The largest absolute Gasteiger partial charge is 0.327 e. The maximum atomic E-state index is 11.9. The first kappa shape index (κ1) is 14.4. The van der Waals surface area contributed by atoms with Gasteiger partial charge < -0.3 is 5.73 Å². The van der Waals surface area contributed by atoms with Gasteiger partial charge in [0.15, 0.2) is 0 Å². The predicted molar refractivity (Wildman–Crippen MR) is 66.7 cm³/mol. The molecule has 0 saturated heterocycles. The van der Waals surface area contributed by atoms with Crippen LogP contribution in [0, 0.1) is 5.92 Å². The van der Waals surface area contributed by atoms with Crippen LogP contribution in [0.4, 0.5) is 0 Å². The molecule has 5 nitrogen and oxygen atoms in total. The number of nitrogens with two attached hydrogens (primary N) is 1. The Hall–Kier alpha value is -0.620. The van der Waals surface area contributed by atoms with Crippen molar-refractivity contribution in [2.75, 3.05) is 0 Å². The number of hydrogen-bond acceptors (Lipinski definition) is 4. The van der Waals surface area contributed by atoms with E-state index in [4.69, 9.17) is 5.73 Å². The molecule has 0 aliphatic heterocycles. The van der Waals surface area contributed by atoms with E-state index >= 15 is 0 Å². The van der Waals surface area contributed by atoms with Gasteiger partial charge in [-0.05, 0) is 26.7 Å². The summed E-state index contributed by atoms with van der Waals surface area (Å²) in [5.74, 6) is -0.806. The molecule has 0 spiro atoms. The fraction of sp³-hybridized carbons (Fsp3) is 0.909. The molecule has 1 aliphatic rings. The molecule has 0 bridgehead atoms. The molecular formula is C11H22N2O3S. The smallest absolute Gasteiger partial charge is 0.238 e. The van der Waals surface area contributed by atoms with Crippen LogP contribution in [-0.2, 0) is 14.8 Å². The van der Waals surface area contributed by atoms with Gasteiger partial charge in [0, 0.05) is 6.04 Å². The van der Waals surface area contributed by atoms with Crippen LogP contribution in [0.3, 0.4) is 0 Å². The van der Waals surface area contributed by atoms with Crippen molar-refractivity contribution in [3.8, 4) is 0 Å². The molecule has 2 atom stereocenters. The highest BCUT2D eigenvalue weighted by Gasteiger charge is 2.30. The van der Waals surface area contributed by atoms with Crippen LogP contribution in [0.2, 0.25) is 0 Å². The van der Waals surface area contributed by atoms with Gasteiger partial charge in [0.05, 0.1) is 11.2 Å². The van der Waals surface area contributed by atoms with Gasteiger partial charge >= 0.3 is 0 Å². The highest BCUT2D eigenvalue weighted by molar-refractivity contribution is 7.90. The summed E-state index contributed by atoms with van der Waals surface area (Å²) in [6, 6.07) is -0.222. The first-order chi connectivity index (χ1) is 7.84. The number of rotatable bonds is 3. The van der Waals surface area contributed by atoms with E-state index in [-0.39, 0.29) is 12.0 Å². The quantitative estimate of drug-likeness (QED) is 0.734. The van der Waals surface area contributed by atoms with Crippen LogP contribution < -0.4 is 10.5 Å². The van der Waals surface area contributed by atoms with E-state index in [0.717, 1.165) is 25.7 Å². The van der Waals surface area contributed by atoms with Gasteiger partial charge in [-0.3, -0.25) is 9.52 Å². The summed E-state index contributed by atoms with van der Waals surface area (Å²) < 4.78 is 25.3. The number of carbonyl (C=O) groups excluding carboxylic acids is 1. The molecular weight excluding hydrogens is 240 g/mol. The van der Waals surface area contributed by atoms with E-state index < -0.39 is 21.2 Å². The monoisotopic (exact) mass is 262 g/mol. The Morgan fingerprint density at radius 2 is 1.82 bits per heavy atom. The van der Waals surface area contributed by atoms with Crippen molar-refractivity contribution in [1.29, 1.82) is 0 Å². The van der Waals surface area contributed by atoms with Crippen LogP contribution >= 0.6 is 0 Å². The van der Waals surface area contributed by atoms with Crippen molar-refractivity contribution in [2.45, 2.75) is 57.2 Å². The van der Waals surface area contributed by atoms with Crippen LogP contribution in [-0.4, -0.2) is 25.6 Å². The van der Waals surface area contributed by atoms with E-state index in [1.54, 1.807) is 13.8 Å². The van der Waals surface area contributed by atoms with E-state index in [2.05, 4.69) is 4.72 Å². The molecule has 1 saturated carbocycles. The molecule has 2 unspecified atom stereocenters. The second kappa shape index (κ2) is 5.82. The summed E-state index contributed by atoms with van der Waals surface area (Å²) >= 11 is 0. The van der Waals surface area contributed by atoms with Gasteiger partial charge in [0.2, 0.25) is 15.9 Å². The van der Waals surface area contributed by atoms with Crippen LogP contribution in [0.1, 0.15) is 46.0 Å². The lowest BCUT2D eigenvalue weighted by molar-refractivity contribution is -0.124. The molecule has 0 heterocycles. The first-order valence-corrected chi connectivity index (χ1v) is 7.70. The molecule has 1 fully saturated rings. The van der Waals surface area contributed by atoms with Gasteiger partial charge in [-0.2, -0.15) is 0 Å². The minimum Gasteiger partial charge on any atom is -0.327 e. The lowest BCUT2D eigenvalue weighted by atomic mass is 9.95. The molecule has 6 heteroatoms. The van der Waals surface area contributed by atoms with E-state index in [1.807, 2.05) is 0 Å². The zero-order valence-electron chi connectivity index (χ0n) is 10.5. The number of carbonyl (C=O) groups is 1. The van der Waals surface area contributed by atoms with Gasteiger partial charge in [-0.25, -0.2) is 8.42 Å². The molecule has 0 radical (unpaired) electrons. The Bertz CT molecular complexity index is 365. The highest BCUT2D eigenvalue weighted by atomic mass is 32.2. The summed E-state index contributed by atoms with van der Waals surface area (Å²) in [5.41, 5.74) is 5.92. The fourth-order valence-electron chi connectivity index (χ4n) is 2.00. The average molecular weight is 262 g/mol. The van der Waals surface area contributed by atoms with E-state index in [1.165, 1.54) is 0 Å². The third-order valence-corrected chi connectivity index (χ3v) is 5.00. The normalized spacial score (nSPS) is 26.6. The van der Waals surface area contributed by atoms with Gasteiger partial charge in [0.1, 0.15) is 0 Å². The molecule has 17 heavy (non-hydrogen) atoms. The Kier molecular flexibility index (Phi) is 4.94. The second-order valence-corrected chi connectivity index (χ2v) is 7.21. The Morgan fingerprint density at radius 3 is 2.41 bits per heavy atom. The Balaban J connectivity index is 2.69. The summed E-state index contributed by atoms with van der Waals surface area (Å²) in [7, 11) is -3.54. The molecule has 1 amide bonds. The molecule has 0 aromatic carbocycles. The van der Waals surface area contributed by atoms with Gasteiger partial charge in [-0.15, -0.1) is 0 Å². The number of hydrogen-bond donors (Lipinski definition) is 2. The van der Waals surface area contributed by atoms with Crippen LogP contribution in [0.25, 0.3) is 0 Å². The minimum atomic E-state index is -3.54. The third kappa shape index (κ3) is 3.96. The number of nitrogens with one attached hydrogen (secondary N) is 1. The van der Waals surface area contributed by atoms with E-state index in [0.29, 0.717) is 6.42 Å². The number of sulfonamides is 1. The topological polar surface area (TPSA) is 89.3 Å². The highest BCUT2D eigenvalue weighted by Crippen LogP contribution is 2.22. The Labute approximate surface area is 103 Å². The predicted octanol–water partition coefficient (Wildman–Crippen LogP) is 0.748. The van der Waals surface area contributed by atoms with Gasteiger partial charge in [0.25, 0.3) is 0 Å². The van der Waals surface area contributed by atoms with Crippen molar-refractivity contribution < 1.29 is 13.2 Å². The van der Waals surface area contributed by atoms with Crippen molar-refractivity contribution in [3.05, 3.63) is 0 Å². The van der Waals surface area contributed by atoms with Crippen LogP contribution in [0.5, 0.6) is 0 Å². The molecule has 1 aliphatic carbocycles. The average Bonchev–Trinajstić information content (AvgIpc) is 2.41. The SMILES string of the molecule is CC(C)S(=O)(=O)NC(=O)C1CCCCCC1N. The van der Waals surface area contributed by atoms with Crippen molar-refractivity contribution >= 4 is 15.9 Å². The first-order valence-electron chi connectivity index (χ1n) is 6.15. The summed E-state index contributed by atoms with van der Waals surface area (Å²) in [6.45, 7) is 3.09. The van der Waals surface area contributed by atoms with Crippen molar-refractivity contribution in [2.24, 2.45) is 11.7 Å². The molecule has 1 rings (SSSR count). The fourth-order valence-corrected chi connectivity index (χ4v) is 2.66. The minimum absolute atomic E-state index is 0.222. The summed E-state index contributed by atoms with van der Waals surface area (Å²) in [6.07, 6.45) is 4.49. The molecule has 0 aromatic rings. The summed E-state index contributed by atoms with van der Waals surface area (Å²) in [4.78, 5) is 11.9. The van der Waals surface area contributed by atoms with E-state index in [9.17, 15) is 13.2 Å². The van der Waals surface area contributed by atoms with Crippen LogP contribution in [0.15, 0.2) is 0 Å². The molecule has 100 valence electrons. The maximum Gasteiger partial charge on any atom is 0.238 e. The van der Waals surface area contributed by atoms with Crippen molar-refractivity contribution in [1.82, 2.24) is 4.72 Å². The second-order valence-electron chi connectivity index (χ2n) is 4.97. The lowest BCUT2D eigenvalue weighted by Gasteiger charge is -2.21. The number of amides is 1. The summed E-state index contributed by atoms with van der Waals surface area (Å²) in [5, 5.41) is -0.603. The standard InChI is InChI=1S/C11H22N2O3S/c1-8(2)17(15,16)13-11(14)9-6-4-3-5-7-10(9)12/h8-10H,3-7,12H2,1-2H3,(H,13,14). The Morgan fingerprint density at radius 1 is 1.24 bits per heavy atom. The maximum absolute atomic E-state index is 11.9. The molecule has 0 aromatic heterocycles. The van der Waals surface area contributed by atoms with Crippen molar-refractivity contribution in [3.63, 3.8) is 0 Å². The zero-order valence-corrected chi connectivity index (χ0v) is 11.3. The molecule has 3 N–H and O–H groups in total. The zero-order chi connectivity index (χ0) is 13.1.